The van der Waals surface area contributed by atoms with Gasteiger partial charge in [0.2, 0.25) is 5.91 Å². The number of ether oxygens (including phenoxy) is 3. The van der Waals surface area contributed by atoms with Gasteiger partial charge in [0.1, 0.15) is 17.2 Å². The number of methoxy groups -OCH3 is 2. The highest BCUT2D eigenvalue weighted by atomic mass is 32.1. The Kier molecular flexibility index (Phi) is 7.08. The number of thiazole rings is 1. The molecular weight excluding hydrogens is 400 g/mol. The molecule has 30 heavy (non-hydrogen) atoms. The fourth-order valence-electron chi connectivity index (χ4n) is 2.88. The van der Waals surface area contributed by atoms with E-state index in [0.717, 1.165) is 27.4 Å². The Hall–Kier alpha value is -3.32. The van der Waals surface area contributed by atoms with E-state index in [1.807, 2.05) is 38.1 Å². The van der Waals surface area contributed by atoms with Crippen LogP contribution in [0.2, 0.25) is 0 Å². The number of aryl methyl sites for hydroxylation is 1. The SMILES string of the molecule is CCOc1ccc(-c2nc(NC(=O)/C=C/c3cc(OC)ccc3OC)sc2C)cc1. The molecule has 0 unspecified atom stereocenters. The molecule has 0 spiro atoms. The molecule has 3 aromatic rings. The van der Waals surface area contributed by atoms with Gasteiger partial charge in [0, 0.05) is 22.1 Å². The van der Waals surface area contributed by atoms with Crippen molar-refractivity contribution < 1.29 is 19.0 Å². The van der Waals surface area contributed by atoms with E-state index >= 15 is 0 Å². The van der Waals surface area contributed by atoms with Gasteiger partial charge >= 0.3 is 0 Å². The summed E-state index contributed by atoms with van der Waals surface area (Å²) in [5.74, 6) is 1.89. The van der Waals surface area contributed by atoms with Gasteiger partial charge in [-0.3, -0.25) is 10.1 Å². The van der Waals surface area contributed by atoms with Gasteiger partial charge in [0.05, 0.1) is 26.5 Å². The van der Waals surface area contributed by atoms with Gasteiger partial charge in [-0.25, -0.2) is 4.98 Å². The van der Waals surface area contributed by atoms with E-state index in [2.05, 4.69) is 10.3 Å². The maximum atomic E-state index is 12.4. The number of anilines is 1. The molecule has 2 aromatic carbocycles. The van der Waals surface area contributed by atoms with Crippen molar-refractivity contribution in [2.75, 3.05) is 26.1 Å². The zero-order chi connectivity index (χ0) is 21.5. The van der Waals surface area contributed by atoms with E-state index in [1.165, 1.54) is 17.4 Å². The molecule has 3 rings (SSSR count). The highest BCUT2D eigenvalue weighted by Gasteiger charge is 2.12. The van der Waals surface area contributed by atoms with Crippen LogP contribution in [0.15, 0.2) is 48.5 Å². The number of hydrogen-bond donors (Lipinski definition) is 1. The summed E-state index contributed by atoms with van der Waals surface area (Å²) in [5, 5.41) is 3.37. The quantitative estimate of drug-likeness (QED) is 0.504. The second kappa shape index (κ2) is 9.93. The van der Waals surface area contributed by atoms with Gasteiger partial charge in [-0.05, 0) is 62.4 Å². The van der Waals surface area contributed by atoms with Crippen molar-refractivity contribution in [3.63, 3.8) is 0 Å². The second-order valence-corrected chi connectivity index (χ2v) is 7.51. The molecule has 1 N–H and O–H groups in total. The normalized spacial score (nSPS) is 10.8. The third kappa shape index (κ3) is 5.18. The smallest absolute Gasteiger partial charge is 0.250 e. The average molecular weight is 425 g/mol. The molecule has 0 atom stereocenters. The summed E-state index contributed by atoms with van der Waals surface area (Å²) in [5.41, 5.74) is 2.57. The van der Waals surface area contributed by atoms with Crippen LogP contribution in [0, 0.1) is 6.92 Å². The fraction of sp³-hybridized carbons (Fsp3) is 0.217. The maximum Gasteiger partial charge on any atom is 0.250 e. The Bertz CT molecular complexity index is 1040. The molecule has 0 fully saturated rings. The minimum absolute atomic E-state index is 0.271. The number of aromatic nitrogens is 1. The van der Waals surface area contributed by atoms with Gasteiger partial charge in [-0.15, -0.1) is 11.3 Å². The molecule has 6 nitrogen and oxygen atoms in total. The van der Waals surface area contributed by atoms with Gasteiger partial charge in [0.15, 0.2) is 5.13 Å². The Morgan fingerprint density at radius 3 is 2.50 bits per heavy atom. The second-order valence-electron chi connectivity index (χ2n) is 6.31. The molecule has 0 aliphatic heterocycles. The third-order valence-electron chi connectivity index (χ3n) is 4.32. The molecule has 7 heteroatoms. The van der Waals surface area contributed by atoms with Crippen LogP contribution in [0.3, 0.4) is 0 Å². The molecule has 1 amide bonds. The van der Waals surface area contributed by atoms with Gasteiger partial charge in [0.25, 0.3) is 0 Å². The highest BCUT2D eigenvalue weighted by molar-refractivity contribution is 7.16. The average Bonchev–Trinajstić information content (AvgIpc) is 3.12. The fourth-order valence-corrected chi connectivity index (χ4v) is 3.71. The summed E-state index contributed by atoms with van der Waals surface area (Å²) in [6.07, 6.45) is 3.13. The number of carbonyl (C=O) groups is 1. The van der Waals surface area contributed by atoms with Crippen LogP contribution in [-0.2, 0) is 4.79 Å². The monoisotopic (exact) mass is 424 g/mol. The molecule has 0 saturated heterocycles. The van der Waals surface area contributed by atoms with Crippen molar-refractivity contribution in [2.24, 2.45) is 0 Å². The molecule has 0 aliphatic rings. The Morgan fingerprint density at radius 2 is 1.83 bits per heavy atom. The zero-order valence-corrected chi connectivity index (χ0v) is 18.2. The Balaban J connectivity index is 1.72. The summed E-state index contributed by atoms with van der Waals surface area (Å²) in [7, 11) is 3.18. The van der Waals surface area contributed by atoms with Crippen molar-refractivity contribution in [3.8, 4) is 28.5 Å². The van der Waals surface area contributed by atoms with E-state index in [0.29, 0.717) is 23.2 Å². The number of hydrogen-bond acceptors (Lipinski definition) is 6. The molecular formula is C23H24N2O4S. The van der Waals surface area contributed by atoms with Crippen LogP contribution in [0.1, 0.15) is 17.4 Å². The van der Waals surface area contributed by atoms with Crippen LogP contribution in [0.5, 0.6) is 17.2 Å². The molecule has 1 heterocycles. The summed E-state index contributed by atoms with van der Waals surface area (Å²) in [6, 6.07) is 13.2. The van der Waals surface area contributed by atoms with Crippen molar-refractivity contribution in [2.45, 2.75) is 13.8 Å². The predicted molar refractivity (Wildman–Crippen MR) is 121 cm³/mol. The molecule has 0 radical (unpaired) electrons. The number of benzene rings is 2. The standard InChI is InChI=1S/C23H24N2O4S/c1-5-29-18-9-6-16(7-10-18)22-15(2)30-23(25-22)24-21(26)13-8-17-14-19(27-3)11-12-20(17)28-4/h6-14H,5H2,1-4H3,(H,24,25,26)/b13-8+. The topological polar surface area (TPSA) is 69.7 Å². The lowest BCUT2D eigenvalue weighted by atomic mass is 10.1. The van der Waals surface area contributed by atoms with Crippen LogP contribution >= 0.6 is 11.3 Å². The Labute approximate surface area is 180 Å². The first-order valence-electron chi connectivity index (χ1n) is 9.45. The minimum atomic E-state index is -0.271. The lowest BCUT2D eigenvalue weighted by molar-refractivity contribution is -0.111. The van der Waals surface area contributed by atoms with E-state index in [9.17, 15) is 4.79 Å². The van der Waals surface area contributed by atoms with Crippen LogP contribution < -0.4 is 19.5 Å². The van der Waals surface area contributed by atoms with Crippen molar-refractivity contribution in [3.05, 3.63) is 59.0 Å². The molecule has 1 aromatic heterocycles. The summed E-state index contributed by atoms with van der Waals surface area (Å²) in [6.45, 7) is 4.56. The van der Waals surface area contributed by atoms with Gasteiger partial charge in [-0.2, -0.15) is 0 Å². The van der Waals surface area contributed by atoms with Gasteiger partial charge < -0.3 is 14.2 Å². The summed E-state index contributed by atoms with van der Waals surface area (Å²) in [4.78, 5) is 18.0. The number of carbonyl (C=O) groups excluding carboxylic acids is 1. The number of nitrogens with zero attached hydrogens (tertiary/aromatic N) is 1. The summed E-state index contributed by atoms with van der Waals surface area (Å²) >= 11 is 1.43. The van der Waals surface area contributed by atoms with E-state index < -0.39 is 0 Å². The zero-order valence-electron chi connectivity index (χ0n) is 17.4. The third-order valence-corrected chi connectivity index (χ3v) is 5.20. The minimum Gasteiger partial charge on any atom is -0.497 e. The van der Waals surface area contributed by atoms with Gasteiger partial charge in [-0.1, -0.05) is 0 Å². The van der Waals surface area contributed by atoms with Crippen molar-refractivity contribution in [1.82, 2.24) is 4.98 Å². The first-order chi connectivity index (χ1) is 14.5. The van der Waals surface area contributed by atoms with Crippen LogP contribution in [0.4, 0.5) is 5.13 Å². The number of amides is 1. The summed E-state index contributed by atoms with van der Waals surface area (Å²) < 4.78 is 16.0. The first kappa shape index (κ1) is 21.4. The number of rotatable bonds is 8. The highest BCUT2D eigenvalue weighted by Crippen LogP contribution is 2.31. The molecule has 0 aliphatic carbocycles. The van der Waals surface area contributed by atoms with Crippen molar-refractivity contribution in [1.29, 1.82) is 0 Å². The lowest BCUT2D eigenvalue weighted by Crippen LogP contribution is -2.07. The predicted octanol–water partition coefficient (Wildman–Crippen LogP) is 5.19. The molecule has 0 bridgehead atoms. The van der Waals surface area contributed by atoms with E-state index in [-0.39, 0.29) is 5.91 Å². The van der Waals surface area contributed by atoms with E-state index in [1.54, 1.807) is 38.5 Å². The maximum absolute atomic E-state index is 12.4. The van der Waals surface area contributed by atoms with Crippen LogP contribution in [-0.4, -0.2) is 31.7 Å². The first-order valence-corrected chi connectivity index (χ1v) is 10.3. The Morgan fingerprint density at radius 1 is 1.10 bits per heavy atom. The molecule has 0 saturated carbocycles. The number of nitrogens with one attached hydrogen (secondary N) is 1. The molecule has 156 valence electrons. The van der Waals surface area contributed by atoms with Crippen molar-refractivity contribution >= 4 is 28.5 Å². The van der Waals surface area contributed by atoms with Crippen LogP contribution in [0.25, 0.3) is 17.3 Å². The van der Waals surface area contributed by atoms with E-state index in [4.69, 9.17) is 14.2 Å². The lowest BCUT2D eigenvalue weighted by Gasteiger charge is -2.07. The largest absolute Gasteiger partial charge is 0.497 e.